The molecule has 1 aliphatic heterocycles. The molecule has 2 unspecified atom stereocenters. The summed E-state index contributed by atoms with van der Waals surface area (Å²) in [4.78, 5) is 48.7. The second-order valence-corrected chi connectivity index (χ2v) is 7.14. The van der Waals surface area contributed by atoms with Crippen LogP contribution in [0.1, 0.15) is 52.9 Å². The van der Waals surface area contributed by atoms with E-state index >= 15 is 0 Å². The molecule has 2 fully saturated rings. The van der Waals surface area contributed by atoms with Crippen LogP contribution in [-0.2, 0) is 19.1 Å². The number of amides is 4. The Kier molecular flexibility index (Phi) is 6.02. The summed E-state index contributed by atoms with van der Waals surface area (Å²) in [5, 5.41) is 5.53. The van der Waals surface area contributed by atoms with Gasteiger partial charge in [-0.1, -0.05) is 0 Å². The molecule has 0 aromatic rings. The number of urea groups is 1. The molecule has 140 valence electrons. The zero-order valence-electron chi connectivity index (χ0n) is 15.1. The highest BCUT2D eigenvalue weighted by Gasteiger charge is 2.43. The van der Waals surface area contributed by atoms with E-state index in [2.05, 4.69) is 10.6 Å². The summed E-state index contributed by atoms with van der Waals surface area (Å²) in [6, 6.07) is -0.430. The van der Waals surface area contributed by atoms with Crippen molar-refractivity contribution in [3.05, 3.63) is 0 Å². The van der Waals surface area contributed by atoms with Crippen LogP contribution in [0.5, 0.6) is 0 Å². The first-order chi connectivity index (χ1) is 11.7. The molecule has 4 amide bonds. The number of ether oxygens (including phenoxy) is 1. The number of nitrogens with one attached hydrogen (secondary N) is 2. The second-order valence-electron chi connectivity index (χ2n) is 7.14. The van der Waals surface area contributed by atoms with Crippen LogP contribution in [-0.4, -0.2) is 53.4 Å². The van der Waals surface area contributed by atoms with Gasteiger partial charge in [-0.25, -0.2) is 4.79 Å². The van der Waals surface area contributed by atoms with Gasteiger partial charge in [0.2, 0.25) is 5.91 Å². The normalized spacial score (nSPS) is 25.0. The van der Waals surface area contributed by atoms with Crippen LogP contribution < -0.4 is 10.6 Å². The summed E-state index contributed by atoms with van der Waals surface area (Å²) in [5.41, 5.74) is -0.884. The van der Waals surface area contributed by atoms with Crippen LogP contribution in [0, 0.1) is 5.92 Å². The van der Waals surface area contributed by atoms with E-state index < -0.39 is 11.6 Å². The van der Waals surface area contributed by atoms with Gasteiger partial charge in [-0.3, -0.25) is 19.3 Å². The molecule has 0 aromatic carbocycles. The minimum Gasteiger partial charge on any atom is -0.466 e. The van der Waals surface area contributed by atoms with Gasteiger partial charge in [0.05, 0.1) is 12.5 Å². The number of hydrogen-bond donors (Lipinski definition) is 2. The Morgan fingerprint density at radius 3 is 2.64 bits per heavy atom. The average molecular weight is 353 g/mol. The first-order valence-corrected chi connectivity index (χ1v) is 8.84. The molecule has 1 aliphatic carbocycles. The second kappa shape index (κ2) is 7.84. The summed E-state index contributed by atoms with van der Waals surface area (Å²) in [5.74, 6) is -0.731. The van der Waals surface area contributed by atoms with Crippen LogP contribution in [0.2, 0.25) is 0 Å². The van der Waals surface area contributed by atoms with E-state index in [-0.39, 0.29) is 42.7 Å². The van der Waals surface area contributed by atoms with Crippen molar-refractivity contribution in [1.82, 2.24) is 15.5 Å². The number of carbonyl (C=O) groups excluding carboxylic acids is 4. The first-order valence-electron chi connectivity index (χ1n) is 8.84. The van der Waals surface area contributed by atoms with Crippen molar-refractivity contribution in [3.8, 4) is 0 Å². The zero-order valence-corrected chi connectivity index (χ0v) is 15.1. The molecule has 8 nitrogen and oxygen atoms in total. The molecule has 25 heavy (non-hydrogen) atoms. The first kappa shape index (κ1) is 19.2. The maximum Gasteiger partial charge on any atom is 0.325 e. The van der Waals surface area contributed by atoms with Gasteiger partial charge >= 0.3 is 12.0 Å². The Morgan fingerprint density at radius 2 is 2.04 bits per heavy atom. The lowest BCUT2D eigenvalue weighted by atomic mass is 10.1. The van der Waals surface area contributed by atoms with Crippen LogP contribution in [0.4, 0.5) is 4.79 Å². The van der Waals surface area contributed by atoms with Crippen LogP contribution >= 0.6 is 0 Å². The van der Waals surface area contributed by atoms with Crippen LogP contribution in [0.3, 0.4) is 0 Å². The summed E-state index contributed by atoms with van der Waals surface area (Å²) in [6.45, 7) is 5.67. The van der Waals surface area contributed by atoms with Gasteiger partial charge in [-0.05, 0) is 46.5 Å². The smallest absolute Gasteiger partial charge is 0.325 e. The van der Waals surface area contributed by atoms with Gasteiger partial charge < -0.3 is 15.4 Å². The predicted molar refractivity (Wildman–Crippen MR) is 89.5 cm³/mol. The monoisotopic (exact) mass is 353 g/mol. The van der Waals surface area contributed by atoms with Crippen molar-refractivity contribution in [1.29, 1.82) is 0 Å². The molecule has 1 saturated heterocycles. The Hall–Kier alpha value is -2.12. The maximum atomic E-state index is 12.0. The molecule has 1 heterocycles. The third-order valence-electron chi connectivity index (χ3n) is 4.65. The molecule has 2 aliphatic rings. The summed E-state index contributed by atoms with van der Waals surface area (Å²) in [7, 11) is 0. The molecule has 0 aromatic heterocycles. The van der Waals surface area contributed by atoms with E-state index in [4.69, 9.17) is 4.74 Å². The number of carbonyl (C=O) groups is 4. The molecular weight excluding hydrogens is 326 g/mol. The van der Waals surface area contributed by atoms with Crippen LogP contribution in [0.15, 0.2) is 0 Å². The number of esters is 1. The summed E-state index contributed by atoms with van der Waals surface area (Å²) >= 11 is 0. The van der Waals surface area contributed by atoms with Gasteiger partial charge in [0.25, 0.3) is 5.91 Å². The lowest BCUT2D eigenvalue weighted by Crippen LogP contribution is -2.40. The molecule has 2 N–H and O–H groups in total. The third kappa shape index (κ3) is 4.70. The quantitative estimate of drug-likeness (QED) is 0.524. The Labute approximate surface area is 147 Å². The zero-order chi connectivity index (χ0) is 18.6. The van der Waals surface area contributed by atoms with Gasteiger partial charge in [0.15, 0.2) is 0 Å². The highest BCUT2D eigenvalue weighted by Crippen LogP contribution is 2.26. The fraction of sp³-hybridized carbons (Fsp3) is 0.765. The molecule has 0 radical (unpaired) electrons. The average Bonchev–Trinajstić information content (AvgIpc) is 3.05. The summed E-state index contributed by atoms with van der Waals surface area (Å²) in [6.07, 6.45) is 2.73. The number of hydrogen-bond acceptors (Lipinski definition) is 5. The Morgan fingerprint density at radius 1 is 1.32 bits per heavy atom. The van der Waals surface area contributed by atoms with Crippen molar-refractivity contribution in [2.24, 2.45) is 5.92 Å². The minimum absolute atomic E-state index is 0.0162. The van der Waals surface area contributed by atoms with Crippen LogP contribution in [0.25, 0.3) is 0 Å². The van der Waals surface area contributed by atoms with E-state index in [9.17, 15) is 19.2 Å². The fourth-order valence-corrected chi connectivity index (χ4v) is 3.31. The van der Waals surface area contributed by atoms with Crippen molar-refractivity contribution >= 4 is 23.8 Å². The standard InChI is InChI=1S/C17H27N3O5/c1-4-25-14(22)11-7-8-12(10-11)18-13(21)6-5-9-20-15(23)17(2,3)19-16(20)24/h11-12H,4-10H2,1-3H3,(H,18,21)(H,19,24). The van der Waals surface area contributed by atoms with E-state index in [0.29, 0.717) is 19.4 Å². The van der Waals surface area contributed by atoms with Gasteiger partial charge in [-0.2, -0.15) is 0 Å². The van der Waals surface area contributed by atoms with E-state index in [0.717, 1.165) is 17.7 Å². The number of nitrogens with zero attached hydrogens (tertiary/aromatic N) is 1. The van der Waals surface area contributed by atoms with E-state index in [1.54, 1.807) is 20.8 Å². The van der Waals surface area contributed by atoms with Crippen molar-refractivity contribution in [3.63, 3.8) is 0 Å². The number of imide groups is 1. The Bertz CT molecular complexity index is 560. The highest BCUT2D eigenvalue weighted by molar-refractivity contribution is 6.06. The van der Waals surface area contributed by atoms with Gasteiger partial charge in [-0.15, -0.1) is 0 Å². The fourth-order valence-electron chi connectivity index (χ4n) is 3.31. The minimum atomic E-state index is -0.884. The molecule has 2 atom stereocenters. The Balaban J connectivity index is 1.69. The van der Waals surface area contributed by atoms with Gasteiger partial charge in [0.1, 0.15) is 5.54 Å². The third-order valence-corrected chi connectivity index (χ3v) is 4.65. The SMILES string of the molecule is CCOC(=O)C1CCC(NC(=O)CCCN2C(=O)NC(C)(C)C2=O)C1. The van der Waals surface area contributed by atoms with Gasteiger partial charge in [0, 0.05) is 19.0 Å². The maximum absolute atomic E-state index is 12.0. The lowest BCUT2D eigenvalue weighted by Gasteiger charge is -2.16. The van der Waals surface area contributed by atoms with E-state index in [1.165, 1.54) is 0 Å². The molecule has 2 rings (SSSR count). The molecule has 1 saturated carbocycles. The topological polar surface area (TPSA) is 105 Å². The molecule has 0 bridgehead atoms. The molecule has 0 spiro atoms. The van der Waals surface area contributed by atoms with Crippen molar-refractivity contribution in [2.45, 2.75) is 64.5 Å². The molecular formula is C17H27N3O5. The largest absolute Gasteiger partial charge is 0.466 e. The van der Waals surface area contributed by atoms with Crippen molar-refractivity contribution in [2.75, 3.05) is 13.2 Å². The number of rotatable bonds is 7. The predicted octanol–water partition coefficient (Wildman–Crippen LogP) is 0.945. The highest BCUT2D eigenvalue weighted by atomic mass is 16.5. The summed E-state index contributed by atoms with van der Waals surface area (Å²) < 4.78 is 5.01. The lowest BCUT2D eigenvalue weighted by molar-refractivity contribution is -0.147. The van der Waals surface area contributed by atoms with E-state index in [1.807, 2.05) is 0 Å². The van der Waals surface area contributed by atoms with Crippen molar-refractivity contribution < 1.29 is 23.9 Å². The molecule has 8 heteroatoms.